The standard InChI is InChI=1S/C24H41NO9S3/c1-2-3-4-5-7-10-13-22(33-36(27,28)29)23(34-37(30,31)32)14-11-8-6-9-12-15-24(26)25-20-16-18-21(35)19-17-20/h16-19,22-23,35H,2-15H2,1H3,(H,25,26)(H,27,28,29)(H,30,31,32). The number of thiol groups is 1. The molecule has 10 nitrogen and oxygen atoms in total. The lowest BCUT2D eigenvalue weighted by Gasteiger charge is -2.24. The topological polar surface area (TPSA) is 156 Å². The molecule has 0 heterocycles. The third-order valence-corrected chi connectivity index (χ3v) is 7.07. The van der Waals surface area contributed by atoms with Crippen molar-refractivity contribution in [2.75, 3.05) is 5.32 Å². The highest BCUT2D eigenvalue weighted by Gasteiger charge is 2.30. The number of amides is 1. The van der Waals surface area contributed by atoms with Crippen molar-refractivity contribution in [1.82, 2.24) is 0 Å². The Balaban J connectivity index is 2.48. The zero-order valence-electron chi connectivity index (χ0n) is 21.4. The van der Waals surface area contributed by atoms with Crippen molar-refractivity contribution in [3.8, 4) is 0 Å². The van der Waals surface area contributed by atoms with E-state index in [-0.39, 0.29) is 18.7 Å². The van der Waals surface area contributed by atoms with Gasteiger partial charge in [-0.2, -0.15) is 16.8 Å². The summed E-state index contributed by atoms with van der Waals surface area (Å²) in [6.45, 7) is 2.09. The van der Waals surface area contributed by atoms with Crippen LogP contribution in [0.25, 0.3) is 0 Å². The van der Waals surface area contributed by atoms with Gasteiger partial charge in [-0.25, -0.2) is 8.37 Å². The number of nitrogens with one attached hydrogen (secondary N) is 1. The Morgan fingerprint density at radius 3 is 1.68 bits per heavy atom. The fraction of sp³-hybridized carbons (Fsp3) is 0.708. The van der Waals surface area contributed by atoms with Crippen LogP contribution in [0.2, 0.25) is 0 Å². The molecule has 0 aliphatic rings. The molecule has 0 fully saturated rings. The van der Waals surface area contributed by atoms with Crippen LogP contribution in [0.15, 0.2) is 29.2 Å². The molecule has 1 aromatic rings. The largest absolute Gasteiger partial charge is 0.397 e. The fourth-order valence-corrected chi connectivity index (χ4v) is 5.17. The van der Waals surface area contributed by atoms with E-state index >= 15 is 0 Å². The van der Waals surface area contributed by atoms with Crippen LogP contribution in [0.3, 0.4) is 0 Å². The predicted octanol–water partition coefficient (Wildman–Crippen LogP) is 5.77. The van der Waals surface area contributed by atoms with E-state index in [1.54, 1.807) is 24.3 Å². The van der Waals surface area contributed by atoms with Crippen LogP contribution in [0.5, 0.6) is 0 Å². The van der Waals surface area contributed by atoms with Gasteiger partial charge in [0.1, 0.15) is 12.2 Å². The second-order valence-corrected chi connectivity index (χ2v) is 11.7. The highest BCUT2D eigenvalue weighted by molar-refractivity contribution is 7.81. The number of hydrogen-bond acceptors (Lipinski definition) is 8. The number of hydrogen-bond donors (Lipinski definition) is 4. The Morgan fingerprint density at radius 2 is 1.22 bits per heavy atom. The predicted molar refractivity (Wildman–Crippen MR) is 145 cm³/mol. The second kappa shape index (κ2) is 18.1. The van der Waals surface area contributed by atoms with Gasteiger partial charge in [0.25, 0.3) is 0 Å². The van der Waals surface area contributed by atoms with E-state index in [4.69, 9.17) is 8.37 Å². The minimum Gasteiger partial charge on any atom is -0.326 e. The van der Waals surface area contributed by atoms with Crippen molar-refractivity contribution < 1.29 is 39.1 Å². The van der Waals surface area contributed by atoms with E-state index in [0.717, 1.165) is 49.8 Å². The molecule has 0 aliphatic carbocycles. The lowest BCUT2D eigenvalue weighted by atomic mass is 9.99. The van der Waals surface area contributed by atoms with Crippen LogP contribution in [-0.2, 0) is 34.0 Å². The number of benzene rings is 1. The average molecular weight is 584 g/mol. The number of carbonyl (C=O) groups is 1. The third kappa shape index (κ3) is 18.6. The summed E-state index contributed by atoms with van der Waals surface area (Å²) in [7, 11) is -9.71. The summed E-state index contributed by atoms with van der Waals surface area (Å²) in [5, 5.41) is 2.82. The van der Waals surface area contributed by atoms with Gasteiger partial charge in [-0.05, 0) is 43.5 Å². The lowest BCUT2D eigenvalue weighted by molar-refractivity contribution is -0.116. The minimum absolute atomic E-state index is 0.0894. The quantitative estimate of drug-likeness (QED) is 0.0801. The van der Waals surface area contributed by atoms with Crippen molar-refractivity contribution in [2.45, 2.75) is 114 Å². The first-order chi connectivity index (χ1) is 17.4. The SMILES string of the molecule is CCCCCCCCC(OS(=O)(=O)O)C(CCCCCCCC(=O)Nc1ccc(S)cc1)OS(=O)(=O)O. The molecule has 0 saturated heterocycles. The van der Waals surface area contributed by atoms with Gasteiger partial charge in [0.15, 0.2) is 0 Å². The number of unbranched alkanes of at least 4 members (excludes halogenated alkanes) is 9. The van der Waals surface area contributed by atoms with Crippen molar-refractivity contribution in [3.05, 3.63) is 24.3 Å². The van der Waals surface area contributed by atoms with Crippen molar-refractivity contribution in [1.29, 1.82) is 0 Å². The van der Waals surface area contributed by atoms with Crippen LogP contribution >= 0.6 is 12.6 Å². The zero-order chi connectivity index (χ0) is 27.7. The van der Waals surface area contributed by atoms with Crippen LogP contribution in [-0.4, -0.2) is 44.1 Å². The van der Waals surface area contributed by atoms with E-state index in [9.17, 15) is 30.7 Å². The molecule has 0 spiro atoms. The van der Waals surface area contributed by atoms with Gasteiger partial charge in [0, 0.05) is 17.0 Å². The highest BCUT2D eigenvalue weighted by Crippen LogP contribution is 2.23. The molecule has 1 amide bonds. The maximum absolute atomic E-state index is 12.0. The van der Waals surface area contributed by atoms with E-state index in [1.165, 1.54) is 0 Å². The average Bonchev–Trinajstić information content (AvgIpc) is 2.79. The Hall–Kier alpha value is -1.22. The molecule has 0 aliphatic heterocycles. The van der Waals surface area contributed by atoms with Crippen LogP contribution in [0.1, 0.15) is 96.8 Å². The second-order valence-electron chi connectivity index (χ2n) is 9.08. The molecule has 13 heteroatoms. The molecule has 0 bridgehead atoms. The summed E-state index contributed by atoms with van der Waals surface area (Å²) < 4.78 is 73.3. The molecule has 0 aromatic heterocycles. The smallest absolute Gasteiger partial charge is 0.326 e. The van der Waals surface area contributed by atoms with E-state index in [2.05, 4.69) is 24.9 Å². The van der Waals surface area contributed by atoms with Crippen LogP contribution in [0, 0.1) is 0 Å². The van der Waals surface area contributed by atoms with Crippen molar-refractivity contribution >= 4 is 45.0 Å². The third-order valence-electron chi connectivity index (χ3n) is 5.79. The molecule has 2 atom stereocenters. The molecule has 1 aromatic carbocycles. The first kappa shape index (κ1) is 33.8. The molecular formula is C24H41NO9S3. The monoisotopic (exact) mass is 583 g/mol. The number of anilines is 1. The summed E-state index contributed by atoms with van der Waals surface area (Å²) in [5.74, 6) is -0.0894. The summed E-state index contributed by atoms with van der Waals surface area (Å²) in [4.78, 5) is 12.9. The normalized spacial score (nSPS) is 13.8. The van der Waals surface area contributed by atoms with Crippen LogP contribution < -0.4 is 5.32 Å². The van der Waals surface area contributed by atoms with Gasteiger partial charge >= 0.3 is 20.8 Å². The molecule has 37 heavy (non-hydrogen) atoms. The Bertz CT molecular complexity index is 983. The van der Waals surface area contributed by atoms with E-state index in [0.29, 0.717) is 37.8 Å². The molecule has 214 valence electrons. The summed E-state index contributed by atoms with van der Waals surface area (Å²) in [6.07, 6.45) is 6.97. The molecule has 1 rings (SSSR count). The lowest BCUT2D eigenvalue weighted by Crippen LogP contribution is -2.35. The van der Waals surface area contributed by atoms with Gasteiger partial charge in [-0.1, -0.05) is 71.1 Å². The first-order valence-electron chi connectivity index (χ1n) is 12.8. The Morgan fingerprint density at radius 1 is 0.784 bits per heavy atom. The van der Waals surface area contributed by atoms with Gasteiger partial charge < -0.3 is 5.32 Å². The summed E-state index contributed by atoms with van der Waals surface area (Å²) >= 11 is 4.20. The number of carbonyl (C=O) groups excluding carboxylic acids is 1. The summed E-state index contributed by atoms with van der Waals surface area (Å²) in [6, 6.07) is 7.13. The molecule has 0 radical (unpaired) electrons. The van der Waals surface area contributed by atoms with Gasteiger partial charge in [-0.3, -0.25) is 13.9 Å². The first-order valence-corrected chi connectivity index (χ1v) is 16.0. The molecule has 3 N–H and O–H groups in total. The van der Waals surface area contributed by atoms with E-state index < -0.39 is 33.0 Å². The van der Waals surface area contributed by atoms with Gasteiger partial charge in [0.05, 0.1) is 0 Å². The Kier molecular flexibility index (Phi) is 16.6. The highest BCUT2D eigenvalue weighted by atomic mass is 32.3. The summed E-state index contributed by atoms with van der Waals surface area (Å²) in [5.41, 5.74) is 0.704. The van der Waals surface area contributed by atoms with Gasteiger partial charge in [-0.15, -0.1) is 12.6 Å². The van der Waals surface area contributed by atoms with Crippen molar-refractivity contribution in [3.63, 3.8) is 0 Å². The number of rotatable bonds is 21. The fourth-order valence-electron chi connectivity index (χ4n) is 3.96. The molecule has 0 saturated carbocycles. The zero-order valence-corrected chi connectivity index (χ0v) is 23.9. The molecular weight excluding hydrogens is 542 g/mol. The Labute approximate surface area is 227 Å². The minimum atomic E-state index is -4.86. The molecule has 2 unspecified atom stereocenters. The van der Waals surface area contributed by atoms with Gasteiger partial charge in [0.2, 0.25) is 5.91 Å². The maximum atomic E-state index is 12.0. The van der Waals surface area contributed by atoms with Crippen LogP contribution in [0.4, 0.5) is 5.69 Å². The van der Waals surface area contributed by atoms with E-state index in [1.807, 2.05) is 0 Å². The van der Waals surface area contributed by atoms with Crippen molar-refractivity contribution in [2.24, 2.45) is 0 Å². The maximum Gasteiger partial charge on any atom is 0.397 e.